The van der Waals surface area contributed by atoms with Crippen LogP contribution in [0, 0.1) is 6.92 Å². The summed E-state index contributed by atoms with van der Waals surface area (Å²) in [5, 5.41) is 0.569. The quantitative estimate of drug-likeness (QED) is 0.564. The number of nitrogens with zero attached hydrogens (tertiary/aromatic N) is 3. The van der Waals surface area contributed by atoms with Crippen molar-refractivity contribution in [1.29, 1.82) is 0 Å². The molecule has 31 heavy (non-hydrogen) atoms. The van der Waals surface area contributed by atoms with Crippen LogP contribution in [-0.2, 0) is 14.6 Å². The summed E-state index contributed by atoms with van der Waals surface area (Å²) in [7, 11) is -3.31. The van der Waals surface area contributed by atoms with Gasteiger partial charge in [0.2, 0.25) is 0 Å². The molecule has 0 atom stereocenters. The minimum absolute atomic E-state index is 0.115. The number of aryl methyl sites for hydroxylation is 1. The van der Waals surface area contributed by atoms with Crippen LogP contribution in [0.5, 0.6) is 0 Å². The van der Waals surface area contributed by atoms with Gasteiger partial charge < -0.3 is 4.74 Å². The zero-order valence-electron chi connectivity index (χ0n) is 17.6. The number of hydrogen-bond acceptors (Lipinski definition) is 7. The van der Waals surface area contributed by atoms with Crippen molar-refractivity contribution in [3.63, 3.8) is 0 Å². The minimum atomic E-state index is -3.31. The number of carbonyl (C=O) groups excluding carboxylic acids is 1. The summed E-state index contributed by atoms with van der Waals surface area (Å²) in [5.74, 6) is -0.115. The molecule has 7 nitrogen and oxygen atoms in total. The van der Waals surface area contributed by atoms with Crippen molar-refractivity contribution >= 4 is 42.4 Å². The van der Waals surface area contributed by atoms with Crippen LogP contribution in [0.4, 0.5) is 5.13 Å². The monoisotopic (exact) mass is 459 g/mol. The van der Waals surface area contributed by atoms with E-state index in [1.165, 1.54) is 17.6 Å². The van der Waals surface area contributed by atoms with E-state index in [0.717, 1.165) is 23.4 Å². The van der Waals surface area contributed by atoms with Gasteiger partial charge in [0.25, 0.3) is 5.91 Å². The van der Waals surface area contributed by atoms with E-state index in [0.29, 0.717) is 42.5 Å². The highest BCUT2D eigenvalue weighted by Gasteiger charge is 2.23. The molecule has 4 rings (SSSR count). The van der Waals surface area contributed by atoms with Crippen molar-refractivity contribution in [3.05, 3.63) is 53.6 Å². The lowest BCUT2D eigenvalue weighted by molar-refractivity contribution is 0.0391. The molecule has 0 radical (unpaired) electrons. The Morgan fingerprint density at radius 1 is 1.16 bits per heavy atom. The first kappa shape index (κ1) is 21.9. The van der Waals surface area contributed by atoms with Crippen molar-refractivity contribution < 1.29 is 17.9 Å². The zero-order chi connectivity index (χ0) is 22.0. The number of rotatable bonds is 6. The second kappa shape index (κ2) is 9.04. The van der Waals surface area contributed by atoms with Gasteiger partial charge in [0, 0.05) is 38.0 Å². The predicted molar refractivity (Wildman–Crippen MR) is 123 cm³/mol. The fourth-order valence-electron chi connectivity index (χ4n) is 3.44. The van der Waals surface area contributed by atoms with E-state index in [1.807, 2.05) is 31.2 Å². The molecule has 1 aliphatic heterocycles. The smallest absolute Gasteiger partial charge is 0.260 e. The summed E-state index contributed by atoms with van der Waals surface area (Å²) in [5.41, 5.74) is 2.37. The molecule has 0 bridgehead atoms. The van der Waals surface area contributed by atoms with Crippen LogP contribution in [0.3, 0.4) is 0 Å². The van der Waals surface area contributed by atoms with Crippen LogP contribution in [0.25, 0.3) is 10.2 Å². The Morgan fingerprint density at radius 3 is 2.55 bits per heavy atom. The van der Waals surface area contributed by atoms with Gasteiger partial charge >= 0.3 is 0 Å². The summed E-state index contributed by atoms with van der Waals surface area (Å²) in [6.45, 7) is 6.26. The molecule has 2 aromatic carbocycles. The van der Waals surface area contributed by atoms with Gasteiger partial charge in [0.05, 0.1) is 28.3 Å². The third-order valence-electron chi connectivity index (χ3n) is 5.29. The Labute approximate surface area is 186 Å². The average molecular weight is 460 g/mol. The second-order valence-electron chi connectivity index (χ2n) is 7.67. The number of ether oxygens (including phenoxy) is 1. The Balaban J connectivity index is 1.66. The van der Waals surface area contributed by atoms with Gasteiger partial charge in [-0.1, -0.05) is 29.0 Å². The van der Waals surface area contributed by atoms with Gasteiger partial charge in [-0.2, -0.15) is 0 Å². The van der Waals surface area contributed by atoms with Gasteiger partial charge in [-0.15, -0.1) is 0 Å². The highest BCUT2D eigenvalue weighted by molar-refractivity contribution is 7.90. The fourth-order valence-corrected chi connectivity index (χ4v) is 5.19. The molecule has 0 saturated carbocycles. The Bertz CT molecular complexity index is 1180. The van der Waals surface area contributed by atoms with Crippen LogP contribution < -0.4 is 4.90 Å². The van der Waals surface area contributed by atoms with Crippen LogP contribution in [0.15, 0.2) is 47.4 Å². The second-order valence-corrected chi connectivity index (χ2v) is 10.7. The molecule has 1 amide bonds. The van der Waals surface area contributed by atoms with Gasteiger partial charge in [-0.25, -0.2) is 13.4 Å². The van der Waals surface area contributed by atoms with Crippen LogP contribution >= 0.6 is 11.3 Å². The maximum atomic E-state index is 13.4. The number of hydrogen-bond donors (Lipinski definition) is 0. The highest BCUT2D eigenvalue weighted by Crippen LogP contribution is 2.31. The topological polar surface area (TPSA) is 79.8 Å². The van der Waals surface area contributed by atoms with Crippen molar-refractivity contribution in [1.82, 2.24) is 9.88 Å². The number of fused-ring (bicyclic) bond motifs is 1. The van der Waals surface area contributed by atoms with E-state index in [4.69, 9.17) is 4.74 Å². The molecule has 1 aliphatic rings. The first-order valence-corrected chi connectivity index (χ1v) is 12.8. The molecular weight excluding hydrogens is 434 g/mol. The third kappa shape index (κ3) is 5.12. The van der Waals surface area contributed by atoms with Crippen molar-refractivity contribution in [2.45, 2.75) is 11.8 Å². The molecule has 164 valence electrons. The summed E-state index contributed by atoms with van der Waals surface area (Å²) in [6.07, 6.45) is 1.19. The molecule has 9 heteroatoms. The number of sulfone groups is 1. The maximum Gasteiger partial charge on any atom is 0.260 e. The van der Waals surface area contributed by atoms with E-state index in [9.17, 15) is 13.2 Å². The van der Waals surface area contributed by atoms with Crippen molar-refractivity contribution in [2.24, 2.45) is 0 Å². The number of benzene rings is 2. The number of aromatic nitrogens is 1. The summed E-state index contributed by atoms with van der Waals surface area (Å²) >= 11 is 1.33. The summed E-state index contributed by atoms with van der Waals surface area (Å²) in [6, 6.07) is 12.4. The first-order chi connectivity index (χ1) is 14.8. The largest absolute Gasteiger partial charge is 0.379 e. The number of thiazole rings is 1. The van der Waals surface area contributed by atoms with E-state index < -0.39 is 9.84 Å². The molecular formula is C22H25N3O4S2. The molecule has 0 spiro atoms. The molecule has 0 aliphatic carbocycles. The van der Waals surface area contributed by atoms with E-state index >= 15 is 0 Å². The third-order valence-corrected chi connectivity index (χ3v) is 7.45. The molecule has 2 heterocycles. The van der Waals surface area contributed by atoms with Crippen LogP contribution in [-0.4, -0.2) is 69.9 Å². The molecule has 1 saturated heterocycles. The first-order valence-electron chi connectivity index (χ1n) is 10.1. The van der Waals surface area contributed by atoms with E-state index in [2.05, 4.69) is 9.88 Å². The lowest BCUT2D eigenvalue weighted by Crippen LogP contribution is -2.43. The molecule has 0 unspecified atom stereocenters. The van der Waals surface area contributed by atoms with Crippen molar-refractivity contribution in [3.8, 4) is 0 Å². The minimum Gasteiger partial charge on any atom is -0.379 e. The fraction of sp³-hybridized carbons (Fsp3) is 0.364. The maximum absolute atomic E-state index is 13.4. The molecule has 0 N–H and O–H groups in total. The van der Waals surface area contributed by atoms with Gasteiger partial charge in [0.1, 0.15) is 0 Å². The lowest BCUT2D eigenvalue weighted by atomic mass is 10.1. The standard InChI is InChI=1S/C22H25N3O4S2/c1-16-3-5-17(6-4-16)21(26)25(10-9-24-11-13-29-14-12-24)22-23-19-8-7-18(31(2,27)28)15-20(19)30-22/h3-8,15H,9-14H2,1-2H3. The Hall–Kier alpha value is -2.33. The Morgan fingerprint density at radius 2 is 1.87 bits per heavy atom. The van der Waals surface area contributed by atoms with Gasteiger partial charge in [0.15, 0.2) is 15.0 Å². The SMILES string of the molecule is Cc1ccc(C(=O)N(CCN2CCOCC2)c2nc3ccc(S(C)(=O)=O)cc3s2)cc1. The average Bonchev–Trinajstić information content (AvgIpc) is 3.17. The van der Waals surface area contributed by atoms with Gasteiger partial charge in [-0.3, -0.25) is 14.6 Å². The van der Waals surface area contributed by atoms with Gasteiger partial charge in [-0.05, 0) is 37.3 Å². The predicted octanol–water partition coefficient (Wildman–Crippen LogP) is 2.99. The molecule has 1 aromatic heterocycles. The van der Waals surface area contributed by atoms with E-state index in [1.54, 1.807) is 23.1 Å². The van der Waals surface area contributed by atoms with Crippen molar-refractivity contribution in [2.75, 3.05) is 50.5 Å². The number of amides is 1. The zero-order valence-corrected chi connectivity index (χ0v) is 19.2. The highest BCUT2D eigenvalue weighted by atomic mass is 32.2. The lowest BCUT2D eigenvalue weighted by Gasteiger charge is -2.29. The van der Waals surface area contributed by atoms with E-state index in [-0.39, 0.29) is 10.8 Å². The summed E-state index contributed by atoms with van der Waals surface area (Å²) in [4.78, 5) is 22.3. The number of carbonyl (C=O) groups is 1. The van der Waals surface area contributed by atoms with Crippen LogP contribution in [0.2, 0.25) is 0 Å². The number of morpholine rings is 1. The Kier molecular flexibility index (Phi) is 6.38. The molecule has 1 fully saturated rings. The normalized spacial score (nSPS) is 15.3. The number of anilines is 1. The van der Waals surface area contributed by atoms with Crippen LogP contribution in [0.1, 0.15) is 15.9 Å². The summed E-state index contributed by atoms with van der Waals surface area (Å²) < 4.78 is 30.0. The molecule has 3 aromatic rings.